The number of anilines is 1. The third-order valence-corrected chi connectivity index (χ3v) is 4.66. The lowest BCUT2D eigenvalue weighted by Crippen LogP contribution is -2.46. The zero-order chi connectivity index (χ0) is 17.8. The van der Waals surface area contributed by atoms with Crippen molar-refractivity contribution >= 4 is 17.5 Å². The van der Waals surface area contributed by atoms with Gasteiger partial charge in [0.15, 0.2) is 0 Å². The fourth-order valence-corrected chi connectivity index (χ4v) is 3.13. The van der Waals surface area contributed by atoms with Gasteiger partial charge in [0, 0.05) is 35.9 Å². The molecule has 1 aliphatic rings. The van der Waals surface area contributed by atoms with Crippen LogP contribution in [-0.2, 0) is 0 Å². The Morgan fingerprint density at radius 1 is 1.04 bits per heavy atom. The van der Waals surface area contributed by atoms with Gasteiger partial charge >= 0.3 is 0 Å². The van der Waals surface area contributed by atoms with Crippen LogP contribution < -0.4 is 11.1 Å². The van der Waals surface area contributed by atoms with E-state index in [0.717, 1.165) is 18.4 Å². The summed E-state index contributed by atoms with van der Waals surface area (Å²) in [6, 6.07) is 14.6. The molecule has 0 unspecified atom stereocenters. The van der Waals surface area contributed by atoms with Gasteiger partial charge in [-0.25, -0.2) is 0 Å². The van der Waals surface area contributed by atoms with Crippen LogP contribution in [0.4, 0.5) is 5.69 Å². The van der Waals surface area contributed by atoms with E-state index in [0.29, 0.717) is 29.9 Å². The minimum Gasteiger partial charge on any atom is -0.399 e. The molecule has 5 heteroatoms. The molecule has 2 aromatic carbocycles. The molecule has 0 radical (unpaired) electrons. The van der Waals surface area contributed by atoms with Crippen LogP contribution in [0.3, 0.4) is 0 Å². The first kappa shape index (κ1) is 17.0. The number of carbonyl (C=O) groups excluding carboxylic acids is 2. The molecule has 5 nitrogen and oxygen atoms in total. The van der Waals surface area contributed by atoms with Gasteiger partial charge in [-0.05, 0) is 55.7 Å². The van der Waals surface area contributed by atoms with Crippen molar-refractivity contribution in [1.82, 2.24) is 10.2 Å². The van der Waals surface area contributed by atoms with Crippen LogP contribution in [0.15, 0.2) is 48.5 Å². The number of nitrogens with two attached hydrogens (primary N) is 1. The van der Waals surface area contributed by atoms with E-state index in [4.69, 9.17) is 5.73 Å². The van der Waals surface area contributed by atoms with E-state index in [9.17, 15) is 9.59 Å². The van der Waals surface area contributed by atoms with E-state index in [2.05, 4.69) is 5.32 Å². The van der Waals surface area contributed by atoms with Gasteiger partial charge in [-0.15, -0.1) is 0 Å². The maximum atomic E-state index is 12.5. The number of hydrogen-bond acceptors (Lipinski definition) is 3. The molecule has 0 aliphatic carbocycles. The van der Waals surface area contributed by atoms with Crippen molar-refractivity contribution in [2.45, 2.75) is 25.8 Å². The topological polar surface area (TPSA) is 75.4 Å². The summed E-state index contributed by atoms with van der Waals surface area (Å²) in [6.45, 7) is 3.21. The van der Waals surface area contributed by atoms with E-state index in [1.807, 2.05) is 36.1 Å². The maximum Gasteiger partial charge on any atom is 0.253 e. The Morgan fingerprint density at radius 2 is 1.68 bits per heavy atom. The third-order valence-electron chi connectivity index (χ3n) is 4.66. The number of rotatable bonds is 3. The third kappa shape index (κ3) is 3.99. The molecule has 25 heavy (non-hydrogen) atoms. The molecule has 0 atom stereocenters. The molecule has 1 heterocycles. The molecule has 0 aromatic heterocycles. The normalized spacial score (nSPS) is 15.0. The van der Waals surface area contributed by atoms with Crippen LogP contribution >= 0.6 is 0 Å². The molecule has 3 rings (SSSR count). The number of nitrogens with one attached hydrogen (secondary N) is 1. The molecule has 3 N–H and O–H groups in total. The van der Waals surface area contributed by atoms with Crippen molar-refractivity contribution in [1.29, 1.82) is 0 Å². The number of nitrogen functional groups attached to an aromatic ring is 1. The largest absolute Gasteiger partial charge is 0.399 e. The minimum atomic E-state index is -0.0404. The lowest BCUT2D eigenvalue weighted by Gasteiger charge is -2.32. The summed E-state index contributed by atoms with van der Waals surface area (Å²) in [5.74, 6) is -0.0231. The van der Waals surface area contributed by atoms with E-state index in [-0.39, 0.29) is 17.9 Å². The molecule has 1 aliphatic heterocycles. The summed E-state index contributed by atoms with van der Waals surface area (Å²) < 4.78 is 0. The number of benzene rings is 2. The first-order chi connectivity index (χ1) is 12.0. The zero-order valence-corrected chi connectivity index (χ0v) is 14.4. The van der Waals surface area contributed by atoms with Crippen molar-refractivity contribution in [3.8, 4) is 0 Å². The number of nitrogens with zero attached hydrogens (tertiary/aromatic N) is 1. The highest BCUT2D eigenvalue weighted by molar-refractivity contribution is 5.96. The number of likely N-dealkylation sites (tertiary alicyclic amines) is 1. The van der Waals surface area contributed by atoms with E-state index in [1.165, 1.54) is 0 Å². The van der Waals surface area contributed by atoms with Gasteiger partial charge in [-0.2, -0.15) is 0 Å². The highest BCUT2D eigenvalue weighted by Crippen LogP contribution is 2.16. The maximum absolute atomic E-state index is 12.5. The van der Waals surface area contributed by atoms with Crippen molar-refractivity contribution in [2.24, 2.45) is 0 Å². The smallest absolute Gasteiger partial charge is 0.253 e. The Kier molecular flexibility index (Phi) is 5.03. The van der Waals surface area contributed by atoms with Crippen LogP contribution in [0.5, 0.6) is 0 Å². The lowest BCUT2D eigenvalue weighted by molar-refractivity contribution is 0.0698. The molecule has 130 valence electrons. The summed E-state index contributed by atoms with van der Waals surface area (Å²) in [4.78, 5) is 26.7. The van der Waals surface area contributed by atoms with Crippen molar-refractivity contribution in [3.63, 3.8) is 0 Å². The molecule has 2 aromatic rings. The Hall–Kier alpha value is -2.82. The van der Waals surface area contributed by atoms with E-state index in [1.54, 1.807) is 24.3 Å². The second-order valence-electron chi connectivity index (χ2n) is 6.48. The predicted octanol–water partition coefficient (Wildman–Crippen LogP) is 2.61. The Bertz CT molecular complexity index is 763. The summed E-state index contributed by atoms with van der Waals surface area (Å²) in [5, 5.41) is 3.09. The first-order valence-corrected chi connectivity index (χ1v) is 8.56. The number of amides is 2. The van der Waals surface area contributed by atoms with Gasteiger partial charge in [0.25, 0.3) is 11.8 Å². The van der Waals surface area contributed by atoms with Crippen LogP contribution in [0, 0.1) is 6.92 Å². The van der Waals surface area contributed by atoms with E-state index < -0.39 is 0 Å². The molecular formula is C20H23N3O2. The molecule has 1 saturated heterocycles. The first-order valence-electron chi connectivity index (χ1n) is 8.56. The Labute approximate surface area is 147 Å². The van der Waals surface area contributed by atoms with Gasteiger partial charge in [-0.1, -0.05) is 18.2 Å². The number of carbonyl (C=O) groups is 2. The molecule has 0 spiro atoms. The highest BCUT2D eigenvalue weighted by atomic mass is 16.2. The van der Waals surface area contributed by atoms with Gasteiger partial charge in [0.2, 0.25) is 0 Å². The Balaban J connectivity index is 1.55. The van der Waals surface area contributed by atoms with Crippen molar-refractivity contribution in [2.75, 3.05) is 18.8 Å². The van der Waals surface area contributed by atoms with Crippen molar-refractivity contribution in [3.05, 3.63) is 65.2 Å². The molecule has 0 saturated carbocycles. The molecule has 2 amide bonds. The van der Waals surface area contributed by atoms with Crippen molar-refractivity contribution < 1.29 is 9.59 Å². The van der Waals surface area contributed by atoms with Gasteiger partial charge < -0.3 is 16.0 Å². The van der Waals surface area contributed by atoms with Crippen LogP contribution in [-0.4, -0.2) is 35.8 Å². The molecule has 1 fully saturated rings. The summed E-state index contributed by atoms with van der Waals surface area (Å²) >= 11 is 0. The summed E-state index contributed by atoms with van der Waals surface area (Å²) in [6.07, 6.45) is 1.52. The second-order valence-corrected chi connectivity index (χ2v) is 6.48. The standard InChI is InChI=1S/C20H23N3O2/c1-14-4-2-3-5-18(14)19(24)22-17-10-12-23(13-11-17)20(25)15-6-8-16(21)9-7-15/h2-9,17H,10-13,21H2,1H3,(H,22,24). The lowest BCUT2D eigenvalue weighted by atomic mass is 10.0. The van der Waals surface area contributed by atoms with Gasteiger partial charge in [0.1, 0.15) is 0 Å². The van der Waals surface area contributed by atoms with Crippen LogP contribution in [0.1, 0.15) is 39.1 Å². The zero-order valence-electron chi connectivity index (χ0n) is 14.4. The Morgan fingerprint density at radius 3 is 2.32 bits per heavy atom. The fraction of sp³-hybridized carbons (Fsp3) is 0.300. The summed E-state index contributed by atoms with van der Waals surface area (Å²) in [5.41, 5.74) is 8.64. The fourth-order valence-electron chi connectivity index (χ4n) is 3.13. The highest BCUT2D eigenvalue weighted by Gasteiger charge is 2.25. The molecular weight excluding hydrogens is 314 g/mol. The van der Waals surface area contributed by atoms with Crippen LogP contribution in [0.25, 0.3) is 0 Å². The number of piperidine rings is 1. The quantitative estimate of drug-likeness (QED) is 0.846. The number of aryl methyl sites for hydroxylation is 1. The van der Waals surface area contributed by atoms with Gasteiger partial charge in [-0.3, -0.25) is 9.59 Å². The summed E-state index contributed by atoms with van der Waals surface area (Å²) in [7, 11) is 0. The minimum absolute atomic E-state index is 0.0173. The number of hydrogen-bond donors (Lipinski definition) is 2. The van der Waals surface area contributed by atoms with Crippen LogP contribution in [0.2, 0.25) is 0 Å². The van der Waals surface area contributed by atoms with E-state index >= 15 is 0 Å². The SMILES string of the molecule is Cc1ccccc1C(=O)NC1CCN(C(=O)c2ccc(N)cc2)CC1. The average molecular weight is 337 g/mol. The monoisotopic (exact) mass is 337 g/mol. The second kappa shape index (κ2) is 7.38. The average Bonchev–Trinajstić information content (AvgIpc) is 2.63. The molecule has 0 bridgehead atoms. The predicted molar refractivity (Wildman–Crippen MR) is 98.4 cm³/mol. The van der Waals surface area contributed by atoms with Gasteiger partial charge in [0.05, 0.1) is 0 Å².